The zero-order valence-electron chi connectivity index (χ0n) is 11.0. The van der Waals surface area contributed by atoms with Crippen LogP contribution in [0.2, 0.25) is 0 Å². The van der Waals surface area contributed by atoms with Crippen LogP contribution in [0.1, 0.15) is 42.2 Å². The zero-order chi connectivity index (χ0) is 13.1. The molecule has 0 radical (unpaired) electrons. The summed E-state index contributed by atoms with van der Waals surface area (Å²) < 4.78 is 0. The molecule has 4 nitrogen and oxygen atoms in total. The molecule has 0 spiro atoms. The number of carbonyl (C=O) groups is 1. The molecule has 4 heteroatoms. The first-order chi connectivity index (χ1) is 8.60. The van der Waals surface area contributed by atoms with Crippen molar-refractivity contribution < 1.29 is 9.90 Å². The summed E-state index contributed by atoms with van der Waals surface area (Å²) in [6.07, 6.45) is 3.89. The van der Waals surface area contributed by atoms with Crippen LogP contribution < -0.4 is 4.90 Å². The maximum absolute atomic E-state index is 11.1. The van der Waals surface area contributed by atoms with Gasteiger partial charge in [0.1, 0.15) is 5.82 Å². The second kappa shape index (κ2) is 5.38. The second-order valence-electron chi connectivity index (χ2n) is 5.00. The highest BCUT2D eigenvalue weighted by Crippen LogP contribution is 2.28. The SMILES string of the molecule is CCN(CC1CCC1)c1cc(C(=O)O)cc(C)n1. The van der Waals surface area contributed by atoms with Gasteiger partial charge >= 0.3 is 5.97 Å². The van der Waals surface area contributed by atoms with Gasteiger partial charge in [0.2, 0.25) is 0 Å². The van der Waals surface area contributed by atoms with E-state index in [4.69, 9.17) is 5.11 Å². The molecule has 1 heterocycles. The van der Waals surface area contributed by atoms with Crippen LogP contribution in [-0.2, 0) is 0 Å². The summed E-state index contributed by atoms with van der Waals surface area (Å²) in [7, 11) is 0. The van der Waals surface area contributed by atoms with Gasteiger partial charge in [-0.25, -0.2) is 9.78 Å². The van der Waals surface area contributed by atoms with E-state index in [0.29, 0.717) is 5.56 Å². The summed E-state index contributed by atoms with van der Waals surface area (Å²) in [6, 6.07) is 3.29. The van der Waals surface area contributed by atoms with Crippen molar-refractivity contribution in [2.45, 2.75) is 33.1 Å². The minimum atomic E-state index is -0.888. The lowest BCUT2D eigenvalue weighted by Crippen LogP contribution is -2.33. The Balaban J connectivity index is 2.20. The summed E-state index contributed by atoms with van der Waals surface area (Å²) in [5.74, 6) is 0.656. The average molecular weight is 248 g/mol. The van der Waals surface area contributed by atoms with Crippen molar-refractivity contribution in [3.8, 4) is 0 Å². The smallest absolute Gasteiger partial charge is 0.335 e. The van der Waals surface area contributed by atoms with Crippen molar-refractivity contribution in [2.75, 3.05) is 18.0 Å². The Labute approximate surface area is 108 Å². The van der Waals surface area contributed by atoms with Gasteiger partial charge in [-0.1, -0.05) is 6.42 Å². The first kappa shape index (κ1) is 12.9. The molecule has 1 aromatic heterocycles. The Morgan fingerprint density at radius 1 is 1.50 bits per heavy atom. The van der Waals surface area contributed by atoms with Crippen LogP contribution in [0.15, 0.2) is 12.1 Å². The normalized spacial score (nSPS) is 15.2. The third kappa shape index (κ3) is 2.81. The molecule has 0 saturated heterocycles. The highest BCUT2D eigenvalue weighted by molar-refractivity contribution is 5.88. The van der Waals surface area contributed by atoms with Crippen molar-refractivity contribution >= 4 is 11.8 Å². The van der Waals surface area contributed by atoms with E-state index in [9.17, 15) is 4.79 Å². The maximum Gasteiger partial charge on any atom is 0.335 e. The van der Waals surface area contributed by atoms with E-state index in [1.54, 1.807) is 12.1 Å². The number of hydrogen-bond donors (Lipinski definition) is 1. The number of hydrogen-bond acceptors (Lipinski definition) is 3. The molecular formula is C14H20N2O2. The number of aryl methyl sites for hydroxylation is 1. The highest BCUT2D eigenvalue weighted by Gasteiger charge is 2.21. The zero-order valence-corrected chi connectivity index (χ0v) is 11.0. The monoisotopic (exact) mass is 248 g/mol. The Kier molecular flexibility index (Phi) is 3.84. The largest absolute Gasteiger partial charge is 0.478 e. The number of carboxylic acids is 1. The Hall–Kier alpha value is -1.58. The average Bonchev–Trinajstić information content (AvgIpc) is 2.27. The Morgan fingerprint density at radius 2 is 2.22 bits per heavy atom. The summed E-state index contributed by atoms with van der Waals surface area (Å²) >= 11 is 0. The Bertz CT molecular complexity index is 441. The maximum atomic E-state index is 11.1. The molecular weight excluding hydrogens is 228 g/mol. The molecule has 0 unspecified atom stereocenters. The van der Waals surface area contributed by atoms with E-state index in [-0.39, 0.29) is 0 Å². The van der Waals surface area contributed by atoms with Crippen molar-refractivity contribution in [1.82, 2.24) is 4.98 Å². The van der Waals surface area contributed by atoms with Crippen LogP contribution >= 0.6 is 0 Å². The number of aromatic carboxylic acids is 1. The van der Waals surface area contributed by atoms with Gasteiger partial charge < -0.3 is 10.0 Å². The highest BCUT2D eigenvalue weighted by atomic mass is 16.4. The second-order valence-corrected chi connectivity index (χ2v) is 5.00. The molecule has 1 saturated carbocycles. The third-order valence-electron chi connectivity index (χ3n) is 3.60. The number of aromatic nitrogens is 1. The molecule has 1 aromatic rings. The molecule has 0 atom stereocenters. The topological polar surface area (TPSA) is 53.4 Å². The van der Waals surface area contributed by atoms with Crippen LogP contribution in [0, 0.1) is 12.8 Å². The molecule has 98 valence electrons. The minimum Gasteiger partial charge on any atom is -0.478 e. The van der Waals surface area contributed by atoms with Crippen LogP contribution in [0.5, 0.6) is 0 Å². The van der Waals surface area contributed by atoms with Crippen LogP contribution in [-0.4, -0.2) is 29.1 Å². The van der Waals surface area contributed by atoms with Gasteiger partial charge in [-0.15, -0.1) is 0 Å². The predicted octanol–water partition coefficient (Wildman–Crippen LogP) is 2.71. The summed E-state index contributed by atoms with van der Waals surface area (Å²) in [4.78, 5) is 17.7. The molecule has 1 fully saturated rings. The summed E-state index contributed by atoms with van der Waals surface area (Å²) in [5, 5.41) is 9.08. The van der Waals surface area contributed by atoms with Crippen molar-refractivity contribution in [3.63, 3.8) is 0 Å². The van der Waals surface area contributed by atoms with Crippen molar-refractivity contribution in [3.05, 3.63) is 23.4 Å². The van der Waals surface area contributed by atoms with Crippen molar-refractivity contribution in [1.29, 1.82) is 0 Å². The van der Waals surface area contributed by atoms with E-state index >= 15 is 0 Å². The molecule has 2 rings (SSSR count). The summed E-state index contributed by atoms with van der Waals surface area (Å²) in [6.45, 7) is 5.79. The first-order valence-electron chi connectivity index (χ1n) is 6.57. The number of nitrogens with zero attached hydrogens (tertiary/aromatic N) is 2. The standard InChI is InChI=1S/C14H20N2O2/c1-3-16(9-11-5-4-6-11)13-8-12(14(17)18)7-10(2)15-13/h7-8,11H,3-6,9H2,1-2H3,(H,17,18). The molecule has 0 amide bonds. The van der Waals surface area contributed by atoms with E-state index < -0.39 is 5.97 Å². The fourth-order valence-electron chi connectivity index (χ4n) is 2.31. The molecule has 0 bridgehead atoms. The fourth-order valence-corrected chi connectivity index (χ4v) is 2.31. The van der Waals surface area contributed by atoms with E-state index in [0.717, 1.165) is 30.5 Å². The van der Waals surface area contributed by atoms with Crippen LogP contribution in [0.3, 0.4) is 0 Å². The van der Waals surface area contributed by atoms with Gasteiger partial charge in [-0.3, -0.25) is 0 Å². The lowest BCUT2D eigenvalue weighted by Gasteiger charge is -2.32. The van der Waals surface area contributed by atoms with E-state index in [1.165, 1.54) is 19.3 Å². The van der Waals surface area contributed by atoms with Gasteiger partial charge in [-0.05, 0) is 44.7 Å². The number of carboxylic acid groups (broad SMARTS) is 1. The first-order valence-corrected chi connectivity index (χ1v) is 6.57. The molecule has 0 aliphatic heterocycles. The van der Waals surface area contributed by atoms with Crippen LogP contribution in [0.25, 0.3) is 0 Å². The number of pyridine rings is 1. The Morgan fingerprint density at radius 3 is 2.72 bits per heavy atom. The van der Waals surface area contributed by atoms with Gasteiger partial charge in [-0.2, -0.15) is 0 Å². The minimum absolute atomic E-state index is 0.324. The quantitative estimate of drug-likeness (QED) is 0.870. The third-order valence-corrected chi connectivity index (χ3v) is 3.60. The van der Waals surface area contributed by atoms with E-state index in [2.05, 4.69) is 16.8 Å². The summed E-state index contributed by atoms with van der Waals surface area (Å²) in [5.41, 5.74) is 1.08. The molecule has 1 aliphatic rings. The van der Waals surface area contributed by atoms with Gasteiger partial charge in [0.15, 0.2) is 0 Å². The van der Waals surface area contributed by atoms with E-state index in [1.807, 2.05) is 6.92 Å². The molecule has 18 heavy (non-hydrogen) atoms. The lowest BCUT2D eigenvalue weighted by atomic mass is 9.85. The van der Waals surface area contributed by atoms with Crippen molar-refractivity contribution in [2.24, 2.45) is 5.92 Å². The van der Waals surface area contributed by atoms with Gasteiger partial charge in [0.25, 0.3) is 0 Å². The van der Waals surface area contributed by atoms with Gasteiger partial charge in [0, 0.05) is 18.8 Å². The number of anilines is 1. The molecule has 1 aliphatic carbocycles. The predicted molar refractivity (Wildman–Crippen MR) is 71.2 cm³/mol. The number of rotatable bonds is 5. The molecule has 1 N–H and O–H groups in total. The lowest BCUT2D eigenvalue weighted by molar-refractivity contribution is 0.0696. The van der Waals surface area contributed by atoms with Crippen LogP contribution in [0.4, 0.5) is 5.82 Å². The fraction of sp³-hybridized carbons (Fsp3) is 0.571. The molecule has 0 aromatic carbocycles. The van der Waals surface area contributed by atoms with Gasteiger partial charge in [0.05, 0.1) is 5.56 Å².